The van der Waals surface area contributed by atoms with E-state index in [1.54, 1.807) is 6.20 Å². The Morgan fingerprint density at radius 1 is 0.703 bits per heavy atom. The van der Waals surface area contributed by atoms with Crippen molar-refractivity contribution in [2.75, 3.05) is 0 Å². The molecule has 0 aliphatic carbocycles. The Kier molecular flexibility index (Phi) is 6.72. The van der Waals surface area contributed by atoms with E-state index >= 15 is 0 Å². The average Bonchev–Trinajstić information content (AvgIpc) is 2.95. The first kappa shape index (κ1) is 23.9. The maximum atomic E-state index is 14.4. The van der Waals surface area contributed by atoms with Crippen LogP contribution in [0.2, 0.25) is 0 Å². The molecule has 0 aliphatic heterocycles. The molecule has 3 N–H and O–H groups in total. The number of carbonyl (C=O) groups excluding carboxylic acids is 2. The molecule has 0 aliphatic rings. The van der Waals surface area contributed by atoms with E-state index in [2.05, 4.69) is 15.3 Å². The molecule has 1 atom stereocenters. The van der Waals surface area contributed by atoms with Gasteiger partial charge in [-0.1, -0.05) is 103 Å². The maximum Gasteiger partial charge on any atom is 0.240 e. The lowest BCUT2D eigenvalue weighted by Gasteiger charge is -2.35. The van der Waals surface area contributed by atoms with Crippen LogP contribution in [0.5, 0.6) is 0 Å². The summed E-state index contributed by atoms with van der Waals surface area (Å²) >= 11 is 0. The molecule has 0 radical (unpaired) electrons. The normalized spacial score (nSPS) is 12.1. The molecule has 182 valence electrons. The molecule has 0 bridgehead atoms. The molecule has 1 heterocycles. The van der Waals surface area contributed by atoms with Gasteiger partial charge in [0.25, 0.3) is 0 Å². The Morgan fingerprint density at radius 2 is 1.16 bits per heavy atom. The Labute approximate surface area is 215 Å². The summed E-state index contributed by atoms with van der Waals surface area (Å²) in [7, 11) is 0. The van der Waals surface area contributed by atoms with Crippen LogP contribution in [0.3, 0.4) is 0 Å². The second-order valence-electron chi connectivity index (χ2n) is 8.83. The number of rotatable bonds is 8. The van der Waals surface area contributed by atoms with Crippen molar-refractivity contribution >= 4 is 22.8 Å². The number of primary amides is 1. The van der Waals surface area contributed by atoms with Gasteiger partial charge in [-0.25, -0.2) is 4.98 Å². The molecule has 2 amide bonds. The topological polar surface area (TPSA) is 98.0 Å². The number of nitrogens with two attached hydrogens (primary N) is 1. The minimum absolute atomic E-state index is 0.118. The molecule has 0 saturated carbocycles. The predicted octanol–water partition coefficient (Wildman–Crippen LogP) is 4.18. The van der Waals surface area contributed by atoms with Crippen LogP contribution in [0, 0.1) is 0 Å². The standard InChI is InChI=1S/C31H26N4O2/c32-29(36)28(20-25-21-33-26-18-10-11-19-27(26)34-25)35-30(37)31(22-12-4-1-5-13-22,23-14-6-2-7-15-23)24-16-8-3-9-17-24/h1-19,21,28H,20H2,(H2,32,36)(H,35,37)/t28-/m1/s1. The van der Waals surface area contributed by atoms with Crippen molar-refractivity contribution in [3.05, 3.63) is 144 Å². The van der Waals surface area contributed by atoms with Crippen molar-refractivity contribution in [3.63, 3.8) is 0 Å². The maximum absolute atomic E-state index is 14.4. The lowest BCUT2D eigenvalue weighted by Crippen LogP contribution is -2.54. The van der Waals surface area contributed by atoms with E-state index in [0.717, 1.165) is 22.2 Å². The van der Waals surface area contributed by atoms with Gasteiger partial charge in [0.2, 0.25) is 11.8 Å². The number of nitrogens with zero attached hydrogens (tertiary/aromatic N) is 2. The van der Waals surface area contributed by atoms with Crippen molar-refractivity contribution in [3.8, 4) is 0 Å². The zero-order chi connectivity index (χ0) is 25.7. The van der Waals surface area contributed by atoms with E-state index in [1.807, 2.05) is 115 Å². The lowest BCUT2D eigenvalue weighted by molar-refractivity contribution is -0.129. The second kappa shape index (κ2) is 10.4. The molecule has 5 aromatic rings. The van der Waals surface area contributed by atoms with Crippen molar-refractivity contribution in [1.82, 2.24) is 15.3 Å². The van der Waals surface area contributed by atoms with E-state index in [1.165, 1.54) is 0 Å². The van der Waals surface area contributed by atoms with Gasteiger partial charge in [0.1, 0.15) is 11.5 Å². The Bertz CT molecular complexity index is 1430. The lowest BCUT2D eigenvalue weighted by atomic mass is 9.68. The van der Waals surface area contributed by atoms with Gasteiger partial charge in [-0.05, 0) is 28.8 Å². The SMILES string of the molecule is NC(=O)[C@@H](Cc1cnc2ccccc2n1)NC(=O)C(c1ccccc1)(c1ccccc1)c1ccccc1. The van der Waals surface area contributed by atoms with Crippen LogP contribution in [-0.2, 0) is 21.4 Å². The Hall–Kier alpha value is -4.84. The molecule has 0 fully saturated rings. The molecule has 0 saturated heterocycles. The van der Waals surface area contributed by atoms with E-state index in [4.69, 9.17) is 5.73 Å². The van der Waals surface area contributed by atoms with Gasteiger partial charge in [-0.15, -0.1) is 0 Å². The highest BCUT2D eigenvalue weighted by molar-refractivity contribution is 5.98. The first-order valence-electron chi connectivity index (χ1n) is 12.1. The van der Waals surface area contributed by atoms with Crippen LogP contribution < -0.4 is 11.1 Å². The molecule has 0 spiro atoms. The minimum atomic E-state index is -1.22. The summed E-state index contributed by atoms with van der Waals surface area (Å²) in [5.41, 5.74) is 8.94. The third-order valence-electron chi connectivity index (χ3n) is 6.52. The summed E-state index contributed by atoms with van der Waals surface area (Å²) in [6.45, 7) is 0. The van der Waals surface area contributed by atoms with E-state index in [0.29, 0.717) is 11.2 Å². The third-order valence-corrected chi connectivity index (χ3v) is 6.52. The number of hydrogen-bond acceptors (Lipinski definition) is 4. The molecule has 1 aromatic heterocycles. The summed E-state index contributed by atoms with van der Waals surface area (Å²) in [6, 6.07) is 35.2. The Morgan fingerprint density at radius 3 is 1.65 bits per heavy atom. The smallest absolute Gasteiger partial charge is 0.240 e. The van der Waals surface area contributed by atoms with Gasteiger partial charge in [0.05, 0.1) is 16.7 Å². The molecule has 0 unspecified atom stereocenters. The number of aromatic nitrogens is 2. The van der Waals surface area contributed by atoms with Crippen LogP contribution in [0.1, 0.15) is 22.4 Å². The zero-order valence-electron chi connectivity index (χ0n) is 20.1. The highest BCUT2D eigenvalue weighted by atomic mass is 16.2. The molecule has 6 heteroatoms. The van der Waals surface area contributed by atoms with E-state index in [9.17, 15) is 9.59 Å². The van der Waals surface area contributed by atoms with Crippen LogP contribution in [-0.4, -0.2) is 27.8 Å². The van der Waals surface area contributed by atoms with Gasteiger partial charge < -0.3 is 11.1 Å². The number of hydrogen-bond donors (Lipinski definition) is 2. The van der Waals surface area contributed by atoms with Gasteiger partial charge in [-0.2, -0.15) is 0 Å². The van der Waals surface area contributed by atoms with Crippen LogP contribution >= 0.6 is 0 Å². The quantitative estimate of drug-likeness (QED) is 0.322. The van der Waals surface area contributed by atoms with E-state index in [-0.39, 0.29) is 12.3 Å². The number of fused-ring (bicyclic) bond motifs is 1. The highest BCUT2D eigenvalue weighted by Crippen LogP contribution is 2.39. The van der Waals surface area contributed by atoms with Gasteiger partial charge in [0, 0.05) is 12.6 Å². The first-order chi connectivity index (χ1) is 18.1. The highest BCUT2D eigenvalue weighted by Gasteiger charge is 2.44. The number of para-hydroxylation sites is 2. The summed E-state index contributed by atoms with van der Waals surface area (Å²) in [5.74, 6) is -1.000. The van der Waals surface area contributed by atoms with Gasteiger partial charge in [0.15, 0.2) is 0 Å². The summed E-state index contributed by atoms with van der Waals surface area (Å²) < 4.78 is 0. The van der Waals surface area contributed by atoms with Gasteiger partial charge >= 0.3 is 0 Å². The van der Waals surface area contributed by atoms with Crippen molar-refractivity contribution in [1.29, 1.82) is 0 Å². The number of benzene rings is 4. The zero-order valence-corrected chi connectivity index (χ0v) is 20.1. The fourth-order valence-electron chi connectivity index (χ4n) is 4.75. The number of nitrogens with one attached hydrogen (secondary N) is 1. The number of carbonyl (C=O) groups is 2. The average molecular weight is 487 g/mol. The van der Waals surface area contributed by atoms with Crippen LogP contribution in [0.25, 0.3) is 11.0 Å². The van der Waals surface area contributed by atoms with Crippen molar-refractivity contribution in [2.24, 2.45) is 5.73 Å². The Balaban J connectivity index is 1.59. The fourth-order valence-corrected chi connectivity index (χ4v) is 4.75. The van der Waals surface area contributed by atoms with Crippen LogP contribution in [0.4, 0.5) is 0 Å². The second-order valence-corrected chi connectivity index (χ2v) is 8.83. The molecular formula is C31H26N4O2. The van der Waals surface area contributed by atoms with Gasteiger partial charge in [-0.3, -0.25) is 14.6 Å². The fraction of sp³-hybridized carbons (Fsp3) is 0.0968. The molecule has 4 aromatic carbocycles. The molecule has 6 nitrogen and oxygen atoms in total. The van der Waals surface area contributed by atoms with Crippen molar-refractivity contribution in [2.45, 2.75) is 17.9 Å². The third kappa shape index (κ3) is 4.69. The summed E-state index contributed by atoms with van der Waals surface area (Å²) in [6.07, 6.45) is 1.73. The first-order valence-corrected chi connectivity index (χ1v) is 12.1. The monoisotopic (exact) mass is 486 g/mol. The molecule has 5 rings (SSSR count). The number of amides is 2. The summed E-state index contributed by atoms with van der Waals surface area (Å²) in [5, 5.41) is 2.97. The van der Waals surface area contributed by atoms with Crippen molar-refractivity contribution < 1.29 is 9.59 Å². The predicted molar refractivity (Wildman–Crippen MR) is 144 cm³/mol. The van der Waals surface area contributed by atoms with Crippen LogP contribution in [0.15, 0.2) is 121 Å². The molecule has 37 heavy (non-hydrogen) atoms. The minimum Gasteiger partial charge on any atom is -0.368 e. The molecular weight excluding hydrogens is 460 g/mol. The summed E-state index contributed by atoms with van der Waals surface area (Å²) in [4.78, 5) is 36.1. The van der Waals surface area contributed by atoms with E-state index < -0.39 is 17.4 Å². The largest absolute Gasteiger partial charge is 0.368 e.